The van der Waals surface area contributed by atoms with Crippen molar-refractivity contribution in [1.29, 1.82) is 0 Å². The highest BCUT2D eigenvalue weighted by Gasteiger charge is 2.14. The van der Waals surface area contributed by atoms with Crippen LogP contribution in [0.3, 0.4) is 0 Å². The Kier molecular flexibility index (Phi) is 6.50. The number of hydrogen-bond acceptors (Lipinski definition) is 9. The van der Waals surface area contributed by atoms with Crippen LogP contribution in [-0.2, 0) is 16.1 Å². The predicted octanol–water partition coefficient (Wildman–Crippen LogP) is 1.80. The van der Waals surface area contributed by atoms with Crippen molar-refractivity contribution in [1.82, 2.24) is 20.4 Å². The van der Waals surface area contributed by atoms with E-state index in [0.29, 0.717) is 12.1 Å². The molecule has 3 rings (SSSR count). The number of rotatable bonds is 7. The summed E-state index contributed by atoms with van der Waals surface area (Å²) in [6.45, 7) is 2.94. The van der Waals surface area contributed by atoms with Crippen molar-refractivity contribution in [2.75, 3.05) is 5.43 Å². The number of anilines is 1. The van der Waals surface area contributed by atoms with Crippen LogP contribution in [0.4, 0.5) is 5.95 Å². The van der Waals surface area contributed by atoms with Crippen molar-refractivity contribution in [2.45, 2.75) is 20.4 Å². The van der Waals surface area contributed by atoms with Crippen LogP contribution in [0.5, 0.6) is 11.5 Å². The molecular weight excluding hydrogens is 390 g/mol. The van der Waals surface area contributed by atoms with E-state index < -0.39 is 17.6 Å². The van der Waals surface area contributed by atoms with Crippen LogP contribution in [0.25, 0.3) is 11.4 Å². The van der Waals surface area contributed by atoms with Crippen molar-refractivity contribution in [3.8, 4) is 22.9 Å². The first kappa shape index (κ1) is 20.7. The van der Waals surface area contributed by atoms with Gasteiger partial charge in [-0.1, -0.05) is 30.3 Å². The summed E-state index contributed by atoms with van der Waals surface area (Å²) in [7, 11) is 0. The Hall–Kier alpha value is -4.05. The van der Waals surface area contributed by atoms with Gasteiger partial charge in [0, 0.05) is 26.0 Å². The third-order valence-electron chi connectivity index (χ3n) is 3.71. The number of nitrogens with zero attached hydrogens (tertiary/aromatic N) is 2. The Labute approximate surface area is 171 Å². The molecule has 2 aromatic carbocycles. The molecule has 0 aliphatic rings. The number of nitrogens with one attached hydrogen (secondary N) is 3. The smallest absolute Gasteiger partial charge is 0.349 e. The molecule has 10 nitrogen and oxygen atoms in total. The summed E-state index contributed by atoms with van der Waals surface area (Å²) < 4.78 is 10.1. The molecule has 3 N–H and O–H groups in total. The first-order chi connectivity index (χ1) is 14.4. The maximum absolute atomic E-state index is 12.0. The summed E-state index contributed by atoms with van der Waals surface area (Å²) in [5.41, 5.74) is 6.55. The maximum Gasteiger partial charge on any atom is 0.349 e. The number of esters is 2. The summed E-state index contributed by atoms with van der Waals surface area (Å²) in [6, 6.07) is 14.1. The predicted molar refractivity (Wildman–Crippen MR) is 108 cm³/mol. The van der Waals surface area contributed by atoms with Gasteiger partial charge in [-0.05, 0) is 23.8 Å². The van der Waals surface area contributed by atoms with Crippen LogP contribution in [0.15, 0.2) is 53.3 Å². The molecule has 0 spiro atoms. The molecule has 3 aromatic rings. The van der Waals surface area contributed by atoms with Gasteiger partial charge in [0.05, 0.1) is 0 Å². The zero-order valence-corrected chi connectivity index (χ0v) is 16.3. The van der Waals surface area contributed by atoms with Crippen molar-refractivity contribution in [3.05, 3.63) is 64.6 Å². The fourth-order valence-corrected chi connectivity index (χ4v) is 2.53. The van der Waals surface area contributed by atoms with Gasteiger partial charge in [-0.15, -0.1) is 0 Å². The van der Waals surface area contributed by atoms with Crippen LogP contribution < -0.4 is 26.0 Å². The monoisotopic (exact) mass is 409 g/mol. The number of benzene rings is 2. The highest BCUT2D eigenvalue weighted by atomic mass is 16.6. The van der Waals surface area contributed by atoms with E-state index in [9.17, 15) is 14.4 Å². The lowest BCUT2D eigenvalue weighted by Gasteiger charge is -2.11. The summed E-state index contributed by atoms with van der Waals surface area (Å²) in [5.74, 6) is -0.830. The van der Waals surface area contributed by atoms with Crippen LogP contribution in [0, 0.1) is 0 Å². The Bertz CT molecular complexity index is 1110. The molecule has 0 saturated carbocycles. The molecule has 0 amide bonds. The molecule has 0 saturated heterocycles. The molecule has 0 aliphatic carbocycles. The average molecular weight is 409 g/mol. The molecular formula is C20H19N5O5. The normalized spacial score (nSPS) is 10.3. The third kappa shape index (κ3) is 5.72. The number of aromatic nitrogens is 3. The Morgan fingerprint density at radius 3 is 2.37 bits per heavy atom. The molecule has 0 aliphatic heterocycles. The molecule has 10 heteroatoms. The molecule has 154 valence electrons. The molecule has 1 aromatic heterocycles. The van der Waals surface area contributed by atoms with E-state index in [4.69, 9.17) is 9.47 Å². The molecule has 1 heterocycles. The topological polar surface area (TPSA) is 135 Å². The van der Waals surface area contributed by atoms with E-state index in [1.54, 1.807) is 6.07 Å². The highest BCUT2D eigenvalue weighted by Crippen LogP contribution is 2.32. The van der Waals surface area contributed by atoms with E-state index in [2.05, 4.69) is 25.8 Å². The maximum atomic E-state index is 12.0. The van der Waals surface area contributed by atoms with Gasteiger partial charge in [0.15, 0.2) is 11.5 Å². The SMILES string of the molecule is CC(=O)Oc1ccc(-c2nc(NNCc3ccccc3)nc(=O)[nH]2)cc1OC(C)=O. The molecule has 0 fully saturated rings. The summed E-state index contributed by atoms with van der Waals surface area (Å²) in [4.78, 5) is 45.1. The lowest BCUT2D eigenvalue weighted by molar-refractivity contribution is -0.134. The van der Waals surface area contributed by atoms with Crippen molar-refractivity contribution >= 4 is 17.9 Å². The Morgan fingerprint density at radius 2 is 1.67 bits per heavy atom. The first-order valence-electron chi connectivity index (χ1n) is 8.93. The number of H-pyrrole nitrogens is 1. The fraction of sp³-hybridized carbons (Fsp3) is 0.150. The van der Waals surface area contributed by atoms with Crippen LogP contribution in [-0.4, -0.2) is 26.9 Å². The zero-order chi connectivity index (χ0) is 21.5. The second-order valence-corrected chi connectivity index (χ2v) is 6.14. The second kappa shape index (κ2) is 9.43. The van der Waals surface area contributed by atoms with Gasteiger partial charge < -0.3 is 9.47 Å². The van der Waals surface area contributed by atoms with E-state index in [1.165, 1.54) is 26.0 Å². The first-order valence-corrected chi connectivity index (χ1v) is 8.93. The highest BCUT2D eigenvalue weighted by molar-refractivity contribution is 5.75. The lowest BCUT2D eigenvalue weighted by Crippen LogP contribution is -2.25. The Balaban J connectivity index is 1.83. The van der Waals surface area contributed by atoms with Gasteiger partial charge in [-0.25, -0.2) is 10.2 Å². The minimum Gasteiger partial charge on any atom is -0.423 e. The average Bonchev–Trinajstić information content (AvgIpc) is 2.69. The summed E-state index contributed by atoms with van der Waals surface area (Å²) >= 11 is 0. The lowest BCUT2D eigenvalue weighted by atomic mass is 10.2. The van der Waals surface area contributed by atoms with Gasteiger partial charge in [-0.3, -0.25) is 20.0 Å². The van der Waals surface area contributed by atoms with Gasteiger partial charge in [0.2, 0.25) is 5.95 Å². The van der Waals surface area contributed by atoms with Gasteiger partial charge in [0.25, 0.3) is 0 Å². The van der Waals surface area contributed by atoms with E-state index in [0.717, 1.165) is 5.56 Å². The molecule has 0 atom stereocenters. The molecule has 30 heavy (non-hydrogen) atoms. The number of aromatic amines is 1. The quantitative estimate of drug-likeness (QED) is 0.303. The molecule has 0 unspecified atom stereocenters. The summed E-state index contributed by atoms with van der Waals surface area (Å²) in [5, 5.41) is 0. The number of hydrazine groups is 1. The third-order valence-corrected chi connectivity index (χ3v) is 3.71. The van der Waals surface area contributed by atoms with Crippen molar-refractivity contribution < 1.29 is 19.1 Å². The number of hydrogen-bond donors (Lipinski definition) is 3. The van der Waals surface area contributed by atoms with Gasteiger partial charge in [-0.2, -0.15) is 9.97 Å². The Morgan fingerprint density at radius 1 is 0.967 bits per heavy atom. The second-order valence-electron chi connectivity index (χ2n) is 6.14. The van der Waals surface area contributed by atoms with Crippen LogP contribution >= 0.6 is 0 Å². The number of carbonyl (C=O) groups excluding carboxylic acids is 2. The van der Waals surface area contributed by atoms with Gasteiger partial charge >= 0.3 is 17.6 Å². The zero-order valence-electron chi connectivity index (χ0n) is 16.3. The number of carbonyl (C=O) groups is 2. The number of ether oxygens (including phenoxy) is 2. The summed E-state index contributed by atoms with van der Waals surface area (Å²) in [6.07, 6.45) is 0. The minimum absolute atomic E-state index is 0.0198. The largest absolute Gasteiger partial charge is 0.423 e. The standard InChI is InChI=1S/C20H19N5O5/c1-12(26)29-16-9-8-15(10-17(16)30-13(2)27)18-22-19(24-20(28)23-18)25-21-11-14-6-4-3-5-7-14/h3-10,21H,11H2,1-2H3,(H2,22,23,24,25,28). The fourth-order valence-electron chi connectivity index (χ4n) is 2.53. The van der Waals surface area contributed by atoms with E-state index in [1.807, 2.05) is 30.3 Å². The van der Waals surface area contributed by atoms with Crippen LogP contribution in [0.1, 0.15) is 19.4 Å². The van der Waals surface area contributed by atoms with E-state index >= 15 is 0 Å². The van der Waals surface area contributed by atoms with Crippen molar-refractivity contribution in [3.63, 3.8) is 0 Å². The minimum atomic E-state index is -0.623. The molecule has 0 bridgehead atoms. The van der Waals surface area contributed by atoms with Crippen LogP contribution in [0.2, 0.25) is 0 Å². The van der Waals surface area contributed by atoms with Crippen molar-refractivity contribution in [2.24, 2.45) is 0 Å². The van der Waals surface area contributed by atoms with E-state index in [-0.39, 0.29) is 23.3 Å². The van der Waals surface area contributed by atoms with Gasteiger partial charge in [0.1, 0.15) is 5.82 Å². The molecule has 0 radical (unpaired) electrons.